The summed E-state index contributed by atoms with van der Waals surface area (Å²) in [4.78, 5) is 16.7. The van der Waals surface area contributed by atoms with Crippen LogP contribution in [-0.2, 0) is 11.3 Å². The number of alkyl carbamates (subject to hydrolysis) is 1. The summed E-state index contributed by atoms with van der Waals surface area (Å²) in [5.41, 5.74) is 0.979. The average molecular weight is 544 g/mol. The van der Waals surface area contributed by atoms with Gasteiger partial charge in [0.15, 0.2) is 17.5 Å². The Labute approximate surface area is 224 Å². The molecule has 3 N–H and O–H groups in total. The van der Waals surface area contributed by atoms with Gasteiger partial charge in [0.25, 0.3) is 6.43 Å². The first kappa shape index (κ1) is 28.0. The Kier molecular flexibility index (Phi) is 7.90. The van der Waals surface area contributed by atoms with Gasteiger partial charge >= 0.3 is 6.09 Å². The number of nitrogens with zero attached hydrogens (tertiary/aromatic N) is 4. The molecule has 0 saturated heterocycles. The number of rotatable bonds is 9. The Hall–Kier alpha value is -4.01. The molecule has 2 atom stereocenters. The third-order valence-corrected chi connectivity index (χ3v) is 6.32. The number of benzene rings is 1. The summed E-state index contributed by atoms with van der Waals surface area (Å²) in [5, 5.41) is 23.4. The second-order valence-corrected chi connectivity index (χ2v) is 10.8. The molecule has 0 unspecified atom stereocenters. The van der Waals surface area contributed by atoms with Crippen LogP contribution in [0.1, 0.15) is 51.8 Å². The molecule has 1 fully saturated rings. The molecule has 0 bridgehead atoms. The van der Waals surface area contributed by atoms with E-state index in [4.69, 9.17) is 4.74 Å². The SMILES string of the molecule is Cc1nn(CC(F)F)c2ccc(Nc3nc(N[C@H](C)[C@@H](NC(=O)OC(C)(C)C)C4CC4)c(F)cc3C#N)cc12. The van der Waals surface area contributed by atoms with Crippen molar-refractivity contribution in [1.29, 1.82) is 5.26 Å². The van der Waals surface area contributed by atoms with Crippen molar-refractivity contribution in [3.8, 4) is 6.07 Å². The number of fused-ring (bicyclic) bond motifs is 1. The van der Waals surface area contributed by atoms with Gasteiger partial charge in [0.1, 0.15) is 18.2 Å². The number of amides is 1. The summed E-state index contributed by atoms with van der Waals surface area (Å²) < 4.78 is 47.4. The van der Waals surface area contributed by atoms with Crippen LogP contribution < -0.4 is 16.0 Å². The molecule has 2 heterocycles. The second kappa shape index (κ2) is 11.0. The number of hydrogen-bond donors (Lipinski definition) is 3. The fourth-order valence-corrected chi connectivity index (χ4v) is 4.45. The van der Waals surface area contributed by atoms with Crippen LogP contribution in [0.4, 0.5) is 35.3 Å². The topological polar surface area (TPSA) is 117 Å². The van der Waals surface area contributed by atoms with E-state index in [0.717, 1.165) is 18.9 Å². The molecule has 2 aromatic heterocycles. The van der Waals surface area contributed by atoms with Gasteiger partial charge in [-0.15, -0.1) is 0 Å². The highest BCUT2D eigenvalue weighted by Crippen LogP contribution is 2.35. The third-order valence-electron chi connectivity index (χ3n) is 6.32. The van der Waals surface area contributed by atoms with Crippen LogP contribution in [0.15, 0.2) is 24.3 Å². The van der Waals surface area contributed by atoms with E-state index in [1.165, 1.54) is 4.68 Å². The van der Waals surface area contributed by atoms with E-state index in [1.807, 2.05) is 13.0 Å². The summed E-state index contributed by atoms with van der Waals surface area (Å²) in [5.74, 6) is -0.452. The molecule has 0 spiro atoms. The van der Waals surface area contributed by atoms with E-state index in [1.54, 1.807) is 45.9 Å². The maximum atomic E-state index is 15.0. The highest BCUT2D eigenvalue weighted by molar-refractivity contribution is 5.86. The molecule has 4 rings (SSSR count). The van der Waals surface area contributed by atoms with E-state index in [9.17, 15) is 23.2 Å². The smallest absolute Gasteiger partial charge is 0.407 e. The van der Waals surface area contributed by atoms with Crippen LogP contribution in [0.2, 0.25) is 0 Å². The minimum atomic E-state index is -2.54. The lowest BCUT2D eigenvalue weighted by Crippen LogP contribution is -2.48. The molecule has 0 aliphatic heterocycles. The van der Waals surface area contributed by atoms with E-state index in [2.05, 4.69) is 26.0 Å². The Bertz CT molecular complexity index is 1410. The van der Waals surface area contributed by atoms with E-state index in [0.29, 0.717) is 22.3 Å². The molecule has 208 valence electrons. The molecule has 39 heavy (non-hydrogen) atoms. The number of anilines is 3. The normalized spacial score (nSPS) is 15.1. The number of ether oxygens (including phenoxy) is 1. The molecule has 3 aromatic rings. The zero-order valence-corrected chi connectivity index (χ0v) is 22.5. The van der Waals surface area contributed by atoms with Crippen molar-refractivity contribution in [2.75, 3.05) is 10.6 Å². The highest BCUT2D eigenvalue weighted by atomic mass is 19.3. The van der Waals surface area contributed by atoms with Crippen molar-refractivity contribution in [2.24, 2.45) is 5.92 Å². The third kappa shape index (κ3) is 6.90. The molecule has 1 aromatic carbocycles. The Morgan fingerprint density at radius 1 is 1.26 bits per heavy atom. The zero-order valence-electron chi connectivity index (χ0n) is 22.5. The van der Waals surface area contributed by atoms with Crippen molar-refractivity contribution < 1.29 is 22.7 Å². The predicted molar refractivity (Wildman–Crippen MR) is 142 cm³/mol. The number of aryl methyl sites for hydroxylation is 1. The van der Waals surface area contributed by atoms with E-state index >= 15 is 0 Å². The number of halogens is 3. The van der Waals surface area contributed by atoms with Crippen molar-refractivity contribution >= 4 is 34.3 Å². The van der Waals surface area contributed by atoms with Gasteiger partial charge in [-0.1, -0.05) is 0 Å². The summed E-state index contributed by atoms with van der Waals surface area (Å²) in [7, 11) is 0. The van der Waals surface area contributed by atoms with Crippen LogP contribution in [0.5, 0.6) is 0 Å². The quantitative estimate of drug-likeness (QED) is 0.309. The van der Waals surface area contributed by atoms with Crippen LogP contribution in [0, 0.1) is 30.0 Å². The summed E-state index contributed by atoms with van der Waals surface area (Å²) in [6.07, 6.45) is -1.23. The predicted octanol–water partition coefficient (Wildman–Crippen LogP) is 5.86. The van der Waals surface area contributed by atoms with Gasteiger partial charge in [0.2, 0.25) is 0 Å². The minimum absolute atomic E-state index is 0.0125. The Morgan fingerprint density at radius 3 is 2.59 bits per heavy atom. The number of carbonyl (C=O) groups is 1. The second-order valence-electron chi connectivity index (χ2n) is 10.8. The lowest BCUT2D eigenvalue weighted by molar-refractivity contribution is 0.0493. The molecular weight excluding hydrogens is 511 g/mol. The van der Waals surface area contributed by atoms with Crippen LogP contribution in [0.25, 0.3) is 10.9 Å². The molecule has 1 amide bonds. The molecule has 1 aliphatic rings. The number of pyridine rings is 1. The lowest BCUT2D eigenvalue weighted by atomic mass is 10.1. The van der Waals surface area contributed by atoms with Crippen molar-refractivity contribution in [3.63, 3.8) is 0 Å². The fourth-order valence-electron chi connectivity index (χ4n) is 4.45. The van der Waals surface area contributed by atoms with Crippen molar-refractivity contribution in [1.82, 2.24) is 20.1 Å². The van der Waals surface area contributed by atoms with Gasteiger partial charge in [-0.3, -0.25) is 4.68 Å². The molecule has 1 aliphatic carbocycles. The van der Waals surface area contributed by atoms with Crippen LogP contribution in [-0.4, -0.2) is 45.0 Å². The molecule has 1 saturated carbocycles. The van der Waals surface area contributed by atoms with Gasteiger partial charge < -0.3 is 20.7 Å². The fraction of sp³-hybridized carbons (Fsp3) is 0.481. The van der Waals surface area contributed by atoms with E-state index in [-0.39, 0.29) is 29.2 Å². The summed E-state index contributed by atoms with van der Waals surface area (Å²) >= 11 is 0. The van der Waals surface area contributed by atoms with Gasteiger partial charge in [0, 0.05) is 17.1 Å². The number of alkyl halides is 2. The molecule has 9 nitrogen and oxygen atoms in total. The Morgan fingerprint density at radius 2 is 1.97 bits per heavy atom. The zero-order chi connectivity index (χ0) is 28.5. The van der Waals surface area contributed by atoms with Gasteiger partial charge in [-0.25, -0.2) is 22.9 Å². The number of carbonyl (C=O) groups excluding carboxylic acids is 1. The van der Waals surface area contributed by atoms with Crippen LogP contribution >= 0.6 is 0 Å². The molecule has 0 radical (unpaired) electrons. The van der Waals surface area contributed by atoms with Crippen LogP contribution in [0.3, 0.4) is 0 Å². The Balaban J connectivity index is 1.56. The van der Waals surface area contributed by atoms with E-state index < -0.39 is 36.5 Å². The van der Waals surface area contributed by atoms with Gasteiger partial charge in [0.05, 0.1) is 22.8 Å². The first-order valence-electron chi connectivity index (χ1n) is 12.7. The largest absolute Gasteiger partial charge is 0.444 e. The first-order chi connectivity index (χ1) is 18.3. The van der Waals surface area contributed by atoms with Crippen molar-refractivity contribution in [3.05, 3.63) is 41.3 Å². The lowest BCUT2D eigenvalue weighted by Gasteiger charge is -2.28. The van der Waals surface area contributed by atoms with Gasteiger partial charge in [-0.2, -0.15) is 10.4 Å². The molecular formula is C27H32F3N7O2. The monoisotopic (exact) mass is 543 g/mol. The maximum absolute atomic E-state index is 15.0. The standard InChI is InChI=1S/C27H32F3N7O2/c1-14-19-11-18(8-9-21(19)37(36-14)13-22(29)30)33-24-17(12-31)10-20(28)25(35-24)32-15(2)23(16-6-7-16)34-26(38)39-27(3,4)5/h8-11,15-16,22-23H,6-7,13H2,1-5H3,(H,34,38)(H2,32,33,35)/t15-,23-/m1/s1. The summed E-state index contributed by atoms with van der Waals surface area (Å²) in [6.45, 7) is 8.35. The maximum Gasteiger partial charge on any atom is 0.407 e. The number of nitrogens with one attached hydrogen (secondary N) is 3. The van der Waals surface area contributed by atoms with Gasteiger partial charge in [-0.05, 0) is 77.6 Å². The average Bonchev–Trinajstić information content (AvgIpc) is 3.63. The first-order valence-corrected chi connectivity index (χ1v) is 12.7. The van der Waals surface area contributed by atoms with Crippen molar-refractivity contribution in [2.45, 2.75) is 78.1 Å². The highest BCUT2D eigenvalue weighted by Gasteiger charge is 2.37. The number of hydrogen-bond acceptors (Lipinski definition) is 7. The minimum Gasteiger partial charge on any atom is -0.444 e. The summed E-state index contributed by atoms with van der Waals surface area (Å²) in [6, 6.07) is 7.34. The molecule has 12 heteroatoms. The number of nitriles is 1. The number of aromatic nitrogens is 3.